The van der Waals surface area contributed by atoms with Gasteiger partial charge in [-0.05, 0) is 26.2 Å². The zero-order chi connectivity index (χ0) is 11.7. The van der Waals surface area contributed by atoms with Crippen LogP contribution in [0.3, 0.4) is 0 Å². The van der Waals surface area contributed by atoms with Crippen molar-refractivity contribution in [1.82, 2.24) is 9.71 Å². The molecule has 88 valence electrons. The molecule has 1 aliphatic heterocycles. The molecule has 1 aliphatic rings. The Kier molecular flexibility index (Phi) is 2.72. The van der Waals surface area contributed by atoms with Gasteiger partial charge in [0.15, 0.2) is 11.3 Å². The highest BCUT2D eigenvalue weighted by atomic mass is 16.5. The van der Waals surface area contributed by atoms with Crippen molar-refractivity contribution >= 4 is 11.5 Å². The SMILES string of the molecule is Cc1nc(N2CCCCC2)c(N)c(=N)n1O. The van der Waals surface area contributed by atoms with Crippen LogP contribution in [0.15, 0.2) is 0 Å². The van der Waals surface area contributed by atoms with Crippen molar-refractivity contribution in [2.75, 3.05) is 23.7 Å². The predicted octanol–water partition coefficient (Wildman–Crippen LogP) is 0.481. The number of hydrogen-bond acceptors (Lipinski definition) is 5. The normalized spacial score (nSPS) is 16.4. The standard InChI is InChI=1S/C10H17N5O/c1-7-13-10(8(11)9(12)15(7)16)14-5-3-2-4-6-14/h12,16H,2-6,11H2,1H3. The van der Waals surface area contributed by atoms with Gasteiger partial charge < -0.3 is 15.8 Å². The lowest BCUT2D eigenvalue weighted by Gasteiger charge is -2.29. The van der Waals surface area contributed by atoms with Gasteiger partial charge in [0.05, 0.1) is 0 Å². The third kappa shape index (κ3) is 1.70. The van der Waals surface area contributed by atoms with E-state index in [1.165, 1.54) is 6.42 Å². The van der Waals surface area contributed by atoms with Gasteiger partial charge in [-0.15, -0.1) is 0 Å². The largest absolute Gasteiger partial charge is 0.425 e. The first kappa shape index (κ1) is 10.8. The zero-order valence-corrected chi connectivity index (χ0v) is 9.40. The van der Waals surface area contributed by atoms with Crippen LogP contribution in [0.4, 0.5) is 11.5 Å². The van der Waals surface area contributed by atoms with Crippen molar-refractivity contribution in [3.63, 3.8) is 0 Å². The van der Waals surface area contributed by atoms with Crippen LogP contribution in [0, 0.1) is 12.3 Å². The van der Waals surface area contributed by atoms with E-state index in [2.05, 4.69) is 9.88 Å². The summed E-state index contributed by atoms with van der Waals surface area (Å²) in [6.45, 7) is 3.50. The number of anilines is 2. The molecule has 2 heterocycles. The Morgan fingerprint density at radius 1 is 1.31 bits per heavy atom. The molecule has 4 N–H and O–H groups in total. The average molecular weight is 223 g/mol. The van der Waals surface area contributed by atoms with Crippen molar-refractivity contribution in [3.8, 4) is 0 Å². The molecule has 0 unspecified atom stereocenters. The van der Waals surface area contributed by atoms with E-state index in [1.54, 1.807) is 6.92 Å². The number of nitrogens with one attached hydrogen (secondary N) is 1. The second-order valence-electron chi connectivity index (χ2n) is 4.10. The molecule has 0 bridgehead atoms. The minimum absolute atomic E-state index is 0.0897. The van der Waals surface area contributed by atoms with E-state index in [0.29, 0.717) is 16.4 Å². The minimum atomic E-state index is -0.0897. The summed E-state index contributed by atoms with van der Waals surface area (Å²) in [5, 5.41) is 17.1. The average Bonchev–Trinajstić information content (AvgIpc) is 2.32. The lowest BCUT2D eigenvalue weighted by molar-refractivity contribution is 0.160. The smallest absolute Gasteiger partial charge is 0.189 e. The molecule has 1 saturated heterocycles. The molecule has 2 rings (SSSR count). The van der Waals surface area contributed by atoms with E-state index >= 15 is 0 Å². The second-order valence-corrected chi connectivity index (χ2v) is 4.10. The summed E-state index contributed by atoms with van der Waals surface area (Å²) in [6.07, 6.45) is 3.49. The van der Waals surface area contributed by atoms with E-state index in [4.69, 9.17) is 11.1 Å². The zero-order valence-electron chi connectivity index (χ0n) is 9.40. The number of aromatic nitrogens is 2. The van der Waals surface area contributed by atoms with E-state index in [0.717, 1.165) is 25.9 Å². The fraction of sp³-hybridized carbons (Fsp3) is 0.600. The summed E-state index contributed by atoms with van der Waals surface area (Å²) < 4.78 is 0.711. The van der Waals surface area contributed by atoms with Gasteiger partial charge in [-0.2, -0.15) is 4.73 Å². The van der Waals surface area contributed by atoms with Crippen LogP contribution in [0.5, 0.6) is 0 Å². The van der Waals surface area contributed by atoms with Gasteiger partial charge >= 0.3 is 0 Å². The number of rotatable bonds is 1. The third-order valence-corrected chi connectivity index (χ3v) is 2.94. The molecule has 0 atom stereocenters. The molecular weight excluding hydrogens is 206 g/mol. The lowest BCUT2D eigenvalue weighted by atomic mass is 10.1. The van der Waals surface area contributed by atoms with Crippen molar-refractivity contribution < 1.29 is 5.21 Å². The number of piperidine rings is 1. The van der Waals surface area contributed by atoms with Crippen LogP contribution in [0.1, 0.15) is 25.1 Å². The number of aryl methyl sites for hydroxylation is 1. The van der Waals surface area contributed by atoms with Gasteiger partial charge in [-0.25, -0.2) is 4.98 Å². The molecule has 0 spiro atoms. The molecule has 0 aromatic carbocycles. The first-order valence-corrected chi connectivity index (χ1v) is 5.49. The van der Waals surface area contributed by atoms with E-state index < -0.39 is 0 Å². The number of nitrogen functional groups attached to an aromatic ring is 1. The van der Waals surface area contributed by atoms with Crippen LogP contribution >= 0.6 is 0 Å². The van der Waals surface area contributed by atoms with E-state index in [9.17, 15) is 5.21 Å². The fourth-order valence-corrected chi connectivity index (χ4v) is 1.99. The van der Waals surface area contributed by atoms with E-state index in [1.807, 2.05) is 0 Å². The fourth-order valence-electron chi connectivity index (χ4n) is 1.99. The topological polar surface area (TPSA) is 91.2 Å². The molecule has 16 heavy (non-hydrogen) atoms. The van der Waals surface area contributed by atoms with Crippen molar-refractivity contribution in [3.05, 3.63) is 11.3 Å². The number of nitrogens with two attached hydrogens (primary N) is 1. The predicted molar refractivity (Wildman–Crippen MR) is 60.5 cm³/mol. The van der Waals surface area contributed by atoms with Gasteiger partial charge in [0.2, 0.25) is 0 Å². The Morgan fingerprint density at radius 2 is 1.94 bits per heavy atom. The van der Waals surface area contributed by atoms with Crippen molar-refractivity contribution in [1.29, 1.82) is 5.41 Å². The van der Waals surface area contributed by atoms with Gasteiger partial charge in [-0.3, -0.25) is 5.41 Å². The Morgan fingerprint density at radius 3 is 2.56 bits per heavy atom. The van der Waals surface area contributed by atoms with Gasteiger partial charge in [-0.1, -0.05) is 0 Å². The Hall–Kier alpha value is -1.72. The van der Waals surface area contributed by atoms with Gasteiger partial charge in [0.1, 0.15) is 11.5 Å². The van der Waals surface area contributed by atoms with Crippen molar-refractivity contribution in [2.45, 2.75) is 26.2 Å². The minimum Gasteiger partial charge on any atom is -0.425 e. The maximum atomic E-state index is 9.48. The molecule has 0 radical (unpaired) electrons. The van der Waals surface area contributed by atoms with Crippen LogP contribution in [-0.4, -0.2) is 28.0 Å². The summed E-state index contributed by atoms with van der Waals surface area (Å²) >= 11 is 0. The van der Waals surface area contributed by atoms with Crippen molar-refractivity contribution in [2.24, 2.45) is 0 Å². The first-order chi connectivity index (χ1) is 7.61. The molecule has 6 heteroatoms. The Labute approximate surface area is 93.8 Å². The first-order valence-electron chi connectivity index (χ1n) is 5.49. The second kappa shape index (κ2) is 4.03. The maximum absolute atomic E-state index is 9.48. The molecule has 1 aromatic rings. The van der Waals surface area contributed by atoms with Gasteiger partial charge in [0.25, 0.3) is 0 Å². The van der Waals surface area contributed by atoms with Crippen LogP contribution in [0.25, 0.3) is 0 Å². The highest BCUT2D eigenvalue weighted by Crippen LogP contribution is 2.21. The molecule has 0 amide bonds. The Balaban J connectivity index is 2.44. The number of hydrogen-bond donors (Lipinski definition) is 3. The molecule has 0 aliphatic carbocycles. The van der Waals surface area contributed by atoms with Crippen LogP contribution in [-0.2, 0) is 0 Å². The molecule has 1 fully saturated rings. The summed E-state index contributed by atoms with van der Waals surface area (Å²) in [5.41, 5.74) is 5.97. The summed E-state index contributed by atoms with van der Waals surface area (Å²) in [6, 6.07) is 0. The molecule has 0 saturated carbocycles. The summed E-state index contributed by atoms with van der Waals surface area (Å²) in [7, 11) is 0. The summed E-state index contributed by atoms with van der Waals surface area (Å²) in [5.74, 6) is 1.02. The summed E-state index contributed by atoms with van der Waals surface area (Å²) in [4.78, 5) is 6.34. The third-order valence-electron chi connectivity index (χ3n) is 2.94. The maximum Gasteiger partial charge on any atom is 0.189 e. The molecule has 1 aromatic heterocycles. The quantitative estimate of drug-likeness (QED) is 0.604. The molecule has 6 nitrogen and oxygen atoms in total. The highest BCUT2D eigenvalue weighted by Gasteiger charge is 2.17. The van der Waals surface area contributed by atoms with E-state index in [-0.39, 0.29) is 11.2 Å². The lowest BCUT2D eigenvalue weighted by Crippen LogP contribution is -2.35. The monoisotopic (exact) mass is 223 g/mol. The molecular formula is C10H17N5O. The van der Waals surface area contributed by atoms with Crippen LogP contribution < -0.4 is 16.1 Å². The number of nitrogens with zero attached hydrogens (tertiary/aromatic N) is 3. The highest BCUT2D eigenvalue weighted by molar-refractivity contribution is 5.61. The van der Waals surface area contributed by atoms with Crippen LogP contribution in [0.2, 0.25) is 0 Å². The Bertz CT molecular complexity index is 447. The van der Waals surface area contributed by atoms with Gasteiger partial charge in [0, 0.05) is 13.1 Å².